The normalized spacial score (nSPS) is 31.0. The summed E-state index contributed by atoms with van der Waals surface area (Å²) in [7, 11) is 0. The molecule has 3 aromatic rings. The summed E-state index contributed by atoms with van der Waals surface area (Å²) in [6, 6.07) is -4.45. The SMILES string of the molecule is CC(C)[C@H](N)C(=O)OC[C@]1(F)C[C@@H](O)[C@H](n2cc(F)c(=O)[nH]c2=O)O1.[2H]C([2H])(OC(=O)[C@@H](N)C(C)C)[C@]1(F)C[C@@H](O)[C@H](n2cc(F)c(=O)[nH]c2=O)O1.[2H]C([2H])(OC(=O)[C@@H](N)C(C)C)[C@]1(F)C[C@@H](O)[C@]([2H])(N2C=C(F)C(=O)NC2=C)O1.[2H][C@@]1(n2cc(F)c(=O)[nH]c2=O)O[C@](F)(COC(=O)[C@@H](N)C(C)C)C[C@H]1O. The maximum Gasteiger partial charge on any atom is 0.330 e. The first-order chi connectivity index (χ1) is 48.4. The van der Waals surface area contributed by atoms with E-state index >= 15 is 8.78 Å². The predicted molar refractivity (Wildman–Crippen MR) is 320 cm³/mol. The number of esters is 4. The second kappa shape index (κ2) is 33.4. The molecule has 3 aromatic heterocycles. The molecule has 0 aliphatic carbocycles. The van der Waals surface area contributed by atoms with Crippen LogP contribution in [0.15, 0.2) is 71.8 Å². The van der Waals surface area contributed by atoms with Crippen molar-refractivity contribution in [3.63, 3.8) is 0 Å². The third-order valence-corrected chi connectivity index (χ3v) is 14.6. The van der Waals surface area contributed by atoms with Crippen molar-refractivity contribution in [1.29, 1.82) is 0 Å². The van der Waals surface area contributed by atoms with Gasteiger partial charge in [0.15, 0.2) is 51.2 Å². The number of hydrogen-bond acceptors (Lipinski definition) is 28. The molecule has 16 N–H and O–H groups in total. The van der Waals surface area contributed by atoms with E-state index in [-0.39, 0.29) is 16.4 Å². The first kappa shape index (κ1) is 72.9. The monoisotopic (exact) mass is 1460 g/mol. The lowest BCUT2D eigenvalue weighted by Gasteiger charge is -2.33. The number of nitrogens with two attached hydrogens (primary N) is 4. The number of amides is 1. The standard InChI is InChI=1S/C15H21F2N3O5.3C14H19F2N3O6/c1-7(2)11(18)14(23)24-6-15(17)4-10(21)13(25-15)20-5-9(16)12(22)19-8(20)3;3*1-6(2)9(17)12(22)24-5-14(16)3-8(20)11(25-14)19-4-7(15)10(21)18-13(19)23/h5,7,10-11,13,21H,3-4,6,18H2,1-2H3,(H,19,22);3*4,6,8-9,11,20H,3,5,17H2,1-2H3,(H,18,21,23)/t10-,11+,13-,15+;3*8-,9+,11-,14+/m1111/s1/i6D2,13D;11D;5D2;. The Morgan fingerprint density at radius 3 is 1.23 bits per heavy atom. The van der Waals surface area contributed by atoms with Crippen LogP contribution in [-0.4, -0.2) is 188 Å². The molecule has 0 aromatic carbocycles. The van der Waals surface area contributed by atoms with Gasteiger partial charge in [0, 0.05) is 31.9 Å². The highest BCUT2D eigenvalue weighted by atomic mass is 19.2. The highest BCUT2D eigenvalue weighted by molar-refractivity contribution is 5.93. The molecule has 5 aliphatic heterocycles. The van der Waals surface area contributed by atoms with Crippen molar-refractivity contribution < 1.29 is 126 Å². The van der Waals surface area contributed by atoms with Gasteiger partial charge in [0.2, 0.25) is 46.7 Å². The van der Waals surface area contributed by atoms with Crippen LogP contribution in [0.3, 0.4) is 0 Å². The molecular weight excluding hydrogens is 1370 g/mol. The molecular formula is C57H78F8N12O23. The zero-order chi connectivity index (χ0) is 81.2. The van der Waals surface area contributed by atoms with Gasteiger partial charge in [-0.25, -0.2) is 31.9 Å². The van der Waals surface area contributed by atoms with Gasteiger partial charge < -0.3 is 91.5 Å². The average Bonchev–Trinajstić information content (AvgIpc) is 1.57. The van der Waals surface area contributed by atoms with E-state index in [2.05, 4.69) is 16.1 Å². The Kier molecular flexibility index (Phi) is 24.3. The van der Waals surface area contributed by atoms with Gasteiger partial charge in [-0.2, -0.15) is 17.6 Å². The number of H-pyrrole nitrogens is 3. The van der Waals surface area contributed by atoms with Gasteiger partial charge >= 0.3 is 40.9 Å². The van der Waals surface area contributed by atoms with Crippen molar-refractivity contribution in [2.45, 2.75) is 178 Å². The van der Waals surface area contributed by atoms with Crippen LogP contribution in [0.2, 0.25) is 0 Å². The van der Waals surface area contributed by atoms with Gasteiger partial charge in [-0.15, -0.1) is 0 Å². The largest absolute Gasteiger partial charge is 0.458 e. The topological polar surface area (TPSA) is 524 Å². The van der Waals surface area contributed by atoms with Crippen molar-refractivity contribution >= 4 is 29.8 Å². The van der Waals surface area contributed by atoms with Crippen LogP contribution in [0.5, 0.6) is 0 Å². The number of halogens is 8. The molecule has 4 saturated heterocycles. The number of alkyl halides is 4. The molecule has 1 amide bonds. The van der Waals surface area contributed by atoms with Gasteiger partial charge in [-0.05, 0) is 23.7 Å². The highest BCUT2D eigenvalue weighted by Gasteiger charge is 2.54. The quantitative estimate of drug-likeness (QED) is 0.0315. The summed E-state index contributed by atoms with van der Waals surface area (Å²) in [6.45, 7) is 7.61. The van der Waals surface area contributed by atoms with Crippen LogP contribution in [-0.2, 0) is 61.9 Å². The van der Waals surface area contributed by atoms with E-state index in [0.29, 0.717) is 38.8 Å². The number of aliphatic hydroxyl groups excluding tert-OH is 4. The van der Waals surface area contributed by atoms with Crippen molar-refractivity contribution in [2.24, 2.45) is 46.6 Å². The summed E-state index contributed by atoms with van der Waals surface area (Å²) < 4.78 is 200. The second-order valence-corrected chi connectivity index (χ2v) is 24.1. The second-order valence-electron chi connectivity index (χ2n) is 24.1. The van der Waals surface area contributed by atoms with Crippen molar-refractivity contribution in [3.05, 3.63) is 123 Å². The van der Waals surface area contributed by atoms with E-state index < -0.39 is 253 Å². The van der Waals surface area contributed by atoms with Crippen LogP contribution in [0.4, 0.5) is 35.1 Å². The summed E-state index contributed by atoms with van der Waals surface area (Å²) in [5.41, 5.74) is 14.7. The maximum atomic E-state index is 15.3. The molecule has 35 nitrogen and oxygen atoms in total. The predicted octanol–water partition coefficient (Wildman–Crippen LogP) is -2.56. The van der Waals surface area contributed by atoms with Crippen LogP contribution in [0.1, 0.15) is 108 Å². The molecule has 16 atom stereocenters. The summed E-state index contributed by atoms with van der Waals surface area (Å²) in [4.78, 5) is 132. The van der Waals surface area contributed by atoms with Gasteiger partial charge in [0.25, 0.3) is 22.6 Å². The zero-order valence-electron chi connectivity index (χ0n) is 60.0. The number of aromatic nitrogens is 6. The van der Waals surface area contributed by atoms with Crippen LogP contribution in [0.25, 0.3) is 0 Å². The Morgan fingerprint density at radius 2 is 0.830 bits per heavy atom. The zero-order valence-corrected chi connectivity index (χ0v) is 54.0. The maximum absolute atomic E-state index is 15.3. The number of hydrogen-bond donors (Lipinski definition) is 12. The fourth-order valence-electron chi connectivity index (χ4n) is 8.58. The number of nitrogens with one attached hydrogen (secondary N) is 4. The Hall–Kier alpha value is -8.37. The molecule has 0 spiro atoms. The Bertz CT molecular complexity index is 4200. The molecule has 8 rings (SSSR count). The molecule has 0 bridgehead atoms. The van der Waals surface area contributed by atoms with Gasteiger partial charge in [0.05, 0.1) is 26.8 Å². The first-order valence-corrected chi connectivity index (χ1v) is 29.6. The highest BCUT2D eigenvalue weighted by Crippen LogP contribution is 2.41. The lowest BCUT2D eigenvalue weighted by Crippen LogP contribution is -2.46. The number of carbonyl (C=O) groups is 5. The smallest absolute Gasteiger partial charge is 0.330 e. The Balaban J connectivity index is 0.000000254. The number of rotatable bonds is 20. The van der Waals surface area contributed by atoms with Crippen LogP contribution >= 0.6 is 0 Å². The van der Waals surface area contributed by atoms with Gasteiger partial charge in [-0.1, -0.05) is 62.0 Å². The average molecular weight is 1460 g/mol. The van der Waals surface area contributed by atoms with Crippen molar-refractivity contribution in [3.8, 4) is 0 Å². The Labute approximate surface area is 567 Å². The molecule has 0 radical (unpaired) electrons. The Morgan fingerprint density at radius 1 is 0.530 bits per heavy atom. The molecule has 0 saturated carbocycles. The van der Waals surface area contributed by atoms with E-state index in [1.54, 1.807) is 70.3 Å². The summed E-state index contributed by atoms with van der Waals surface area (Å²) in [6.07, 6.45) is -18.3. The number of aromatic amines is 3. The number of nitrogens with zero attached hydrogens (tertiary/aromatic N) is 4. The van der Waals surface area contributed by atoms with Gasteiger partial charge in [-0.3, -0.25) is 67.0 Å². The number of ether oxygens (including phenoxy) is 8. The van der Waals surface area contributed by atoms with Crippen LogP contribution in [0, 0.1) is 41.1 Å². The van der Waals surface area contributed by atoms with Crippen LogP contribution < -0.4 is 62.0 Å². The molecule has 5 aliphatic rings. The minimum absolute atomic E-state index is 0.206. The number of aliphatic hydroxyl groups is 4. The third kappa shape index (κ3) is 20.9. The van der Waals surface area contributed by atoms with E-state index in [1.165, 1.54) is 0 Å². The third-order valence-electron chi connectivity index (χ3n) is 14.6. The fourth-order valence-corrected chi connectivity index (χ4v) is 8.58. The summed E-state index contributed by atoms with van der Waals surface area (Å²) >= 11 is 0. The molecule has 8 heterocycles. The lowest BCUT2D eigenvalue weighted by molar-refractivity contribution is -0.200. The molecule has 0 unspecified atom stereocenters. The van der Waals surface area contributed by atoms with Gasteiger partial charge in [0.1, 0.15) is 54.4 Å². The summed E-state index contributed by atoms with van der Waals surface area (Å²) in [5, 5.41) is 42.0. The first-order valence-electron chi connectivity index (χ1n) is 32.6. The minimum atomic E-state index is -3.48. The van der Waals surface area contributed by atoms with E-state index in [4.69, 9.17) is 59.6 Å². The van der Waals surface area contributed by atoms with Crippen molar-refractivity contribution in [1.82, 2.24) is 38.9 Å². The fraction of sp³-hybridized carbons (Fsp3) is 0.632. The molecule has 560 valence electrons. The van der Waals surface area contributed by atoms with Crippen molar-refractivity contribution in [2.75, 3.05) is 26.3 Å². The lowest BCUT2D eigenvalue weighted by atomic mass is 10.1. The van der Waals surface area contributed by atoms with E-state index in [1.807, 2.05) is 5.32 Å². The number of carbonyl (C=O) groups excluding carboxylic acids is 5. The van der Waals surface area contributed by atoms with E-state index in [0.717, 1.165) is 0 Å². The minimum Gasteiger partial charge on any atom is -0.458 e. The molecule has 43 heteroatoms. The molecule has 100 heavy (non-hydrogen) atoms. The molecule has 4 fully saturated rings. The summed E-state index contributed by atoms with van der Waals surface area (Å²) in [5.74, 6) is -25.0. The van der Waals surface area contributed by atoms with E-state index in [9.17, 15) is 99.5 Å².